The van der Waals surface area contributed by atoms with Crippen LogP contribution in [0.3, 0.4) is 0 Å². The zero-order chi connectivity index (χ0) is 23.8. The van der Waals surface area contributed by atoms with Gasteiger partial charge in [0.2, 0.25) is 5.91 Å². The highest BCUT2D eigenvalue weighted by atomic mass is 16.5. The lowest BCUT2D eigenvalue weighted by atomic mass is 9.76. The minimum atomic E-state index is -0.509. The fourth-order valence-electron chi connectivity index (χ4n) is 5.21. The number of nitrogens with zero attached hydrogens (tertiary/aromatic N) is 1. The molecule has 2 amide bonds. The van der Waals surface area contributed by atoms with Crippen LogP contribution in [0.25, 0.3) is 0 Å². The van der Waals surface area contributed by atoms with Crippen molar-refractivity contribution in [3.05, 3.63) is 125 Å². The third kappa shape index (κ3) is 3.85. The Hall–Kier alpha value is -4.38. The summed E-state index contributed by atoms with van der Waals surface area (Å²) in [5.41, 5.74) is 4.31. The van der Waals surface area contributed by atoms with E-state index in [4.69, 9.17) is 4.74 Å². The van der Waals surface area contributed by atoms with Crippen LogP contribution < -0.4 is 10.1 Å². The van der Waals surface area contributed by atoms with Crippen molar-refractivity contribution < 1.29 is 14.3 Å². The van der Waals surface area contributed by atoms with Crippen LogP contribution in [0.1, 0.15) is 39.0 Å². The summed E-state index contributed by atoms with van der Waals surface area (Å²) in [6.45, 7) is 0.601. The highest BCUT2D eigenvalue weighted by Crippen LogP contribution is 2.46. The van der Waals surface area contributed by atoms with Gasteiger partial charge in [0, 0.05) is 17.8 Å². The quantitative estimate of drug-likeness (QED) is 0.409. The summed E-state index contributed by atoms with van der Waals surface area (Å²) in [7, 11) is 0. The second-order valence-electron chi connectivity index (χ2n) is 8.89. The van der Waals surface area contributed by atoms with Gasteiger partial charge in [-0.25, -0.2) is 0 Å². The molecule has 6 rings (SSSR count). The number of anilines is 1. The standard InChI is InChI=1S/C30H24N2O3/c33-29(31-21-14-16-23(17-15-21)35-22-9-2-1-3-10-22)27-25-12-6-7-13-26(25)30(34)32-19-18-20-8-4-5-11-24(20)28(27)32/h1-17,27-28H,18-19H2,(H,31,33). The molecule has 35 heavy (non-hydrogen) atoms. The molecule has 1 N–H and O–H groups in total. The molecule has 0 aliphatic carbocycles. The number of ether oxygens (including phenoxy) is 1. The van der Waals surface area contributed by atoms with E-state index in [0.29, 0.717) is 23.5 Å². The van der Waals surface area contributed by atoms with Crippen molar-refractivity contribution in [1.82, 2.24) is 4.90 Å². The van der Waals surface area contributed by atoms with Crippen molar-refractivity contribution in [1.29, 1.82) is 0 Å². The van der Waals surface area contributed by atoms with Gasteiger partial charge >= 0.3 is 0 Å². The number of carbonyl (C=O) groups is 2. The molecule has 0 fully saturated rings. The number of rotatable bonds is 4. The fraction of sp³-hybridized carbons (Fsp3) is 0.133. The number of nitrogens with one attached hydrogen (secondary N) is 1. The second kappa shape index (κ2) is 8.76. The average Bonchev–Trinajstić information content (AvgIpc) is 2.90. The van der Waals surface area contributed by atoms with Gasteiger partial charge in [-0.1, -0.05) is 60.7 Å². The predicted molar refractivity (Wildman–Crippen MR) is 135 cm³/mol. The molecule has 2 aliphatic heterocycles. The van der Waals surface area contributed by atoms with Gasteiger partial charge in [-0.2, -0.15) is 0 Å². The lowest BCUT2D eigenvalue weighted by molar-refractivity contribution is -0.119. The molecule has 0 radical (unpaired) electrons. The fourth-order valence-corrected chi connectivity index (χ4v) is 5.21. The molecular formula is C30H24N2O3. The molecule has 0 saturated heterocycles. The first-order valence-electron chi connectivity index (χ1n) is 11.8. The average molecular weight is 461 g/mol. The van der Waals surface area contributed by atoms with Gasteiger partial charge in [-0.3, -0.25) is 9.59 Å². The summed E-state index contributed by atoms with van der Waals surface area (Å²) in [4.78, 5) is 29.0. The Labute approximate surface area is 204 Å². The zero-order valence-electron chi connectivity index (χ0n) is 19.1. The minimum absolute atomic E-state index is 0.00781. The molecule has 0 bridgehead atoms. The second-order valence-corrected chi connectivity index (χ2v) is 8.89. The van der Waals surface area contributed by atoms with E-state index in [1.54, 1.807) is 0 Å². The van der Waals surface area contributed by atoms with Crippen LogP contribution in [0, 0.1) is 0 Å². The van der Waals surface area contributed by atoms with Crippen molar-refractivity contribution >= 4 is 17.5 Å². The molecule has 2 atom stereocenters. The monoisotopic (exact) mass is 460 g/mol. The molecule has 4 aromatic rings. The van der Waals surface area contributed by atoms with Crippen LogP contribution in [0.15, 0.2) is 103 Å². The summed E-state index contributed by atoms with van der Waals surface area (Å²) in [5.74, 6) is 0.796. The third-order valence-electron chi connectivity index (χ3n) is 6.82. The summed E-state index contributed by atoms with van der Waals surface area (Å²) >= 11 is 0. The molecule has 5 nitrogen and oxygen atoms in total. The molecular weight excluding hydrogens is 436 g/mol. The first kappa shape index (κ1) is 21.2. The molecule has 0 saturated carbocycles. The molecule has 0 spiro atoms. The number of amides is 2. The Balaban J connectivity index is 1.32. The van der Waals surface area contributed by atoms with Gasteiger partial charge < -0.3 is 15.0 Å². The van der Waals surface area contributed by atoms with E-state index in [2.05, 4.69) is 11.4 Å². The van der Waals surface area contributed by atoms with Crippen molar-refractivity contribution in [3.63, 3.8) is 0 Å². The SMILES string of the molecule is O=C(Nc1ccc(Oc2ccccc2)cc1)C1c2ccccc2C(=O)N2CCc3ccccc3C12. The van der Waals surface area contributed by atoms with Crippen LogP contribution in [-0.4, -0.2) is 23.3 Å². The maximum atomic E-state index is 13.8. The number of hydrogen-bond donors (Lipinski definition) is 1. The van der Waals surface area contributed by atoms with Crippen LogP contribution in [0.2, 0.25) is 0 Å². The first-order valence-corrected chi connectivity index (χ1v) is 11.8. The van der Waals surface area contributed by atoms with Crippen molar-refractivity contribution in [2.45, 2.75) is 18.4 Å². The summed E-state index contributed by atoms with van der Waals surface area (Å²) in [6, 6.07) is 32.2. The Morgan fingerprint density at radius 3 is 2.23 bits per heavy atom. The van der Waals surface area contributed by atoms with Gasteiger partial charge in [0.05, 0.1) is 12.0 Å². The highest BCUT2D eigenvalue weighted by Gasteiger charge is 2.46. The van der Waals surface area contributed by atoms with Crippen LogP contribution in [0.5, 0.6) is 11.5 Å². The van der Waals surface area contributed by atoms with E-state index in [1.807, 2.05) is 102 Å². The molecule has 2 unspecified atom stereocenters. The van der Waals surface area contributed by atoms with Crippen molar-refractivity contribution in [2.24, 2.45) is 0 Å². The van der Waals surface area contributed by atoms with E-state index >= 15 is 0 Å². The number of benzene rings is 4. The molecule has 4 aromatic carbocycles. The normalized spacial score (nSPS) is 18.2. The Morgan fingerprint density at radius 2 is 1.43 bits per heavy atom. The van der Waals surface area contributed by atoms with Gasteiger partial charge in [0.1, 0.15) is 11.5 Å². The van der Waals surface area contributed by atoms with E-state index in [0.717, 1.165) is 23.3 Å². The largest absolute Gasteiger partial charge is 0.457 e. The van der Waals surface area contributed by atoms with Gasteiger partial charge in [0.15, 0.2) is 0 Å². The minimum Gasteiger partial charge on any atom is -0.457 e. The molecule has 2 heterocycles. The number of hydrogen-bond acceptors (Lipinski definition) is 3. The lowest BCUT2D eigenvalue weighted by Gasteiger charge is -2.45. The summed E-state index contributed by atoms with van der Waals surface area (Å²) in [6.07, 6.45) is 0.789. The van der Waals surface area contributed by atoms with E-state index in [9.17, 15) is 9.59 Å². The Kier molecular flexibility index (Phi) is 5.30. The van der Waals surface area contributed by atoms with Crippen LogP contribution >= 0.6 is 0 Å². The third-order valence-corrected chi connectivity index (χ3v) is 6.82. The first-order chi connectivity index (χ1) is 17.2. The maximum Gasteiger partial charge on any atom is 0.254 e. The van der Waals surface area contributed by atoms with E-state index < -0.39 is 5.92 Å². The Morgan fingerprint density at radius 1 is 0.771 bits per heavy atom. The molecule has 0 aromatic heterocycles. The number of carbonyl (C=O) groups excluding carboxylic acids is 2. The van der Waals surface area contributed by atoms with Gasteiger partial charge in [-0.15, -0.1) is 0 Å². The maximum absolute atomic E-state index is 13.8. The van der Waals surface area contributed by atoms with Gasteiger partial charge in [-0.05, 0) is 65.6 Å². The lowest BCUT2D eigenvalue weighted by Crippen LogP contribution is -2.49. The van der Waals surface area contributed by atoms with Crippen molar-refractivity contribution in [2.75, 3.05) is 11.9 Å². The van der Waals surface area contributed by atoms with Gasteiger partial charge in [0.25, 0.3) is 5.91 Å². The van der Waals surface area contributed by atoms with E-state index in [-0.39, 0.29) is 17.9 Å². The molecule has 5 heteroatoms. The highest BCUT2D eigenvalue weighted by molar-refractivity contribution is 6.04. The topological polar surface area (TPSA) is 58.6 Å². The summed E-state index contributed by atoms with van der Waals surface area (Å²) in [5, 5.41) is 3.09. The molecule has 172 valence electrons. The predicted octanol–water partition coefficient (Wildman–Crippen LogP) is 5.95. The van der Waals surface area contributed by atoms with Crippen LogP contribution in [0.4, 0.5) is 5.69 Å². The smallest absolute Gasteiger partial charge is 0.254 e. The Bertz CT molecular complexity index is 1400. The van der Waals surface area contributed by atoms with Crippen LogP contribution in [-0.2, 0) is 11.2 Å². The molecule has 2 aliphatic rings. The number of para-hydroxylation sites is 1. The summed E-state index contributed by atoms with van der Waals surface area (Å²) < 4.78 is 5.87. The van der Waals surface area contributed by atoms with E-state index in [1.165, 1.54) is 5.56 Å². The zero-order valence-corrected chi connectivity index (χ0v) is 19.1. The van der Waals surface area contributed by atoms with Crippen molar-refractivity contribution in [3.8, 4) is 11.5 Å². The number of fused-ring (bicyclic) bond motifs is 4.